The van der Waals surface area contributed by atoms with Gasteiger partial charge in [-0.25, -0.2) is 0 Å². The van der Waals surface area contributed by atoms with Crippen LogP contribution in [0.4, 0.5) is 0 Å². The molecule has 1 N–H and O–H groups in total. The molecule has 2 aliphatic rings. The third-order valence-electron chi connectivity index (χ3n) is 3.06. The van der Waals surface area contributed by atoms with E-state index < -0.39 is 0 Å². The van der Waals surface area contributed by atoms with Crippen LogP contribution in [0.25, 0.3) is 0 Å². The lowest BCUT2D eigenvalue weighted by atomic mass is 10.1. The SMILES string of the molecule is CC1CSC2(CCCC2C)N1. The molecule has 3 unspecified atom stereocenters. The van der Waals surface area contributed by atoms with Gasteiger partial charge in [-0.15, -0.1) is 11.8 Å². The summed E-state index contributed by atoms with van der Waals surface area (Å²) >= 11 is 2.16. The molecule has 1 aliphatic carbocycles. The van der Waals surface area contributed by atoms with E-state index in [-0.39, 0.29) is 0 Å². The van der Waals surface area contributed by atoms with Gasteiger partial charge >= 0.3 is 0 Å². The first-order valence-electron chi connectivity index (χ1n) is 4.64. The third-order valence-corrected chi connectivity index (χ3v) is 4.97. The van der Waals surface area contributed by atoms with Gasteiger partial charge in [0.25, 0.3) is 0 Å². The van der Waals surface area contributed by atoms with Crippen molar-refractivity contribution in [3.05, 3.63) is 0 Å². The molecule has 1 saturated carbocycles. The highest BCUT2D eigenvalue weighted by molar-refractivity contribution is 8.00. The van der Waals surface area contributed by atoms with Crippen LogP contribution in [0.15, 0.2) is 0 Å². The second kappa shape index (κ2) is 2.67. The lowest BCUT2D eigenvalue weighted by Gasteiger charge is -2.28. The molecular formula is C9H17NS. The minimum atomic E-state index is 0.486. The summed E-state index contributed by atoms with van der Waals surface area (Å²) in [6.07, 6.45) is 4.24. The maximum atomic E-state index is 3.74. The quantitative estimate of drug-likeness (QED) is 0.600. The molecular weight excluding hydrogens is 154 g/mol. The fourth-order valence-electron chi connectivity index (χ4n) is 2.35. The van der Waals surface area contributed by atoms with Crippen molar-refractivity contribution in [3.8, 4) is 0 Å². The van der Waals surface area contributed by atoms with Crippen molar-refractivity contribution in [2.75, 3.05) is 5.75 Å². The molecule has 64 valence electrons. The summed E-state index contributed by atoms with van der Waals surface area (Å²) in [5, 5.41) is 3.74. The van der Waals surface area contributed by atoms with Gasteiger partial charge in [-0.3, -0.25) is 5.32 Å². The molecule has 0 radical (unpaired) electrons. The molecule has 0 bridgehead atoms. The van der Waals surface area contributed by atoms with Crippen LogP contribution in [-0.2, 0) is 0 Å². The summed E-state index contributed by atoms with van der Waals surface area (Å²) in [6, 6.07) is 0.737. The van der Waals surface area contributed by atoms with Crippen molar-refractivity contribution in [3.63, 3.8) is 0 Å². The minimum absolute atomic E-state index is 0.486. The molecule has 1 heterocycles. The summed E-state index contributed by atoms with van der Waals surface area (Å²) in [4.78, 5) is 0.486. The van der Waals surface area contributed by atoms with Crippen molar-refractivity contribution < 1.29 is 0 Å². The summed E-state index contributed by atoms with van der Waals surface area (Å²) in [5.41, 5.74) is 0. The first kappa shape index (κ1) is 7.93. The average molecular weight is 171 g/mol. The van der Waals surface area contributed by atoms with Gasteiger partial charge in [0.1, 0.15) is 0 Å². The van der Waals surface area contributed by atoms with Gasteiger partial charge in [0.15, 0.2) is 0 Å². The Morgan fingerprint density at radius 3 is 2.73 bits per heavy atom. The fourth-order valence-corrected chi connectivity index (χ4v) is 3.96. The van der Waals surface area contributed by atoms with E-state index in [1.54, 1.807) is 0 Å². The monoisotopic (exact) mass is 171 g/mol. The predicted molar refractivity (Wildman–Crippen MR) is 50.8 cm³/mol. The van der Waals surface area contributed by atoms with E-state index >= 15 is 0 Å². The van der Waals surface area contributed by atoms with E-state index in [4.69, 9.17) is 0 Å². The number of rotatable bonds is 0. The number of thioether (sulfide) groups is 1. The standard InChI is InChI=1S/C9H17NS/c1-7-4-3-5-9(7)10-8(2)6-11-9/h7-8,10H,3-6H2,1-2H3. The van der Waals surface area contributed by atoms with Gasteiger partial charge in [0.05, 0.1) is 4.87 Å². The van der Waals surface area contributed by atoms with Crippen molar-refractivity contribution in [1.29, 1.82) is 0 Å². The number of hydrogen-bond acceptors (Lipinski definition) is 2. The molecule has 1 spiro atoms. The lowest BCUT2D eigenvalue weighted by Crippen LogP contribution is -2.42. The second-order valence-corrected chi connectivity index (χ2v) is 5.39. The molecule has 0 aromatic rings. The van der Waals surface area contributed by atoms with Gasteiger partial charge in [0.2, 0.25) is 0 Å². The molecule has 2 heteroatoms. The molecule has 1 saturated heterocycles. The Labute approximate surface area is 73.3 Å². The molecule has 1 aliphatic heterocycles. The Balaban J connectivity index is 2.10. The van der Waals surface area contributed by atoms with E-state index in [1.807, 2.05) is 0 Å². The first-order valence-corrected chi connectivity index (χ1v) is 5.63. The molecule has 1 nitrogen and oxygen atoms in total. The van der Waals surface area contributed by atoms with Gasteiger partial charge in [0, 0.05) is 11.8 Å². The van der Waals surface area contributed by atoms with Crippen LogP contribution in [0, 0.1) is 5.92 Å². The van der Waals surface area contributed by atoms with Gasteiger partial charge < -0.3 is 0 Å². The molecule has 0 aromatic carbocycles. The van der Waals surface area contributed by atoms with Crippen molar-refractivity contribution in [2.24, 2.45) is 5.92 Å². The van der Waals surface area contributed by atoms with E-state index in [2.05, 4.69) is 30.9 Å². The minimum Gasteiger partial charge on any atom is -0.299 e. The molecule has 0 amide bonds. The van der Waals surface area contributed by atoms with Crippen LogP contribution in [0.3, 0.4) is 0 Å². The number of nitrogens with one attached hydrogen (secondary N) is 1. The van der Waals surface area contributed by atoms with Crippen LogP contribution in [-0.4, -0.2) is 16.7 Å². The number of hydrogen-bond donors (Lipinski definition) is 1. The van der Waals surface area contributed by atoms with Crippen molar-refractivity contribution >= 4 is 11.8 Å². The highest BCUT2D eigenvalue weighted by Gasteiger charge is 2.44. The van der Waals surface area contributed by atoms with E-state index in [0.717, 1.165) is 12.0 Å². The van der Waals surface area contributed by atoms with Gasteiger partial charge in [-0.2, -0.15) is 0 Å². The first-order chi connectivity index (χ1) is 5.23. The zero-order chi connectivity index (χ0) is 7.90. The average Bonchev–Trinajstić information content (AvgIpc) is 2.46. The fraction of sp³-hybridized carbons (Fsp3) is 1.00. The highest BCUT2D eigenvalue weighted by Crippen LogP contribution is 2.47. The van der Waals surface area contributed by atoms with Crippen molar-refractivity contribution in [1.82, 2.24) is 5.32 Å². The summed E-state index contributed by atoms with van der Waals surface area (Å²) in [5.74, 6) is 2.20. The van der Waals surface area contributed by atoms with E-state index in [0.29, 0.717) is 4.87 Å². The predicted octanol–water partition coefficient (Wildman–Crippen LogP) is 2.23. The summed E-state index contributed by atoms with van der Waals surface area (Å²) in [6.45, 7) is 4.69. The Morgan fingerprint density at radius 1 is 1.45 bits per heavy atom. The van der Waals surface area contributed by atoms with Crippen LogP contribution in [0.2, 0.25) is 0 Å². The topological polar surface area (TPSA) is 12.0 Å². The lowest BCUT2D eigenvalue weighted by molar-refractivity contribution is 0.379. The Kier molecular flexibility index (Phi) is 1.92. The van der Waals surface area contributed by atoms with Crippen LogP contribution < -0.4 is 5.32 Å². The van der Waals surface area contributed by atoms with Crippen LogP contribution in [0.5, 0.6) is 0 Å². The molecule has 2 rings (SSSR count). The van der Waals surface area contributed by atoms with Crippen LogP contribution >= 0.6 is 11.8 Å². The molecule has 2 fully saturated rings. The Morgan fingerprint density at radius 2 is 2.27 bits per heavy atom. The Hall–Kier alpha value is 0.310. The van der Waals surface area contributed by atoms with Gasteiger partial charge in [-0.1, -0.05) is 13.3 Å². The second-order valence-electron chi connectivity index (χ2n) is 4.04. The van der Waals surface area contributed by atoms with E-state index in [9.17, 15) is 0 Å². The Bertz CT molecular complexity index is 160. The van der Waals surface area contributed by atoms with Gasteiger partial charge in [-0.05, 0) is 25.7 Å². The largest absolute Gasteiger partial charge is 0.299 e. The third kappa shape index (κ3) is 1.20. The maximum absolute atomic E-state index is 3.74. The normalized spacial score (nSPS) is 50.7. The highest BCUT2D eigenvalue weighted by atomic mass is 32.2. The smallest absolute Gasteiger partial charge is 0.0673 e. The van der Waals surface area contributed by atoms with Crippen molar-refractivity contribution in [2.45, 2.75) is 44.0 Å². The van der Waals surface area contributed by atoms with Crippen LogP contribution in [0.1, 0.15) is 33.1 Å². The van der Waals surface area contributed by atoms with E-state index in [1.165, 1.54) is 25.0 Å². The zero-order valence-corrected chi connectivity index (χ0v) is 8.21. The summed E-state index contributed by atoms with van der Waals surface area (Å²) in [7, 11) is 0. The maximum Gasteiger partial charge on any atom is 0.0673 e. The zero-order valence-electron chi connectivity index (χ0n) is 7.39. The summed E-state index contributed by atoms with van der Waals surface area (Å²) < 4.78 is 0. The molecule has 0 aromatic heterocycles. The molecule has 11 heavy (non-hydrogen) atoms. The molecule has 3 atom stereocenters.